The number of hydrogen-bond acceptors (Lipinski definition) is 9. The number of halogens is 4. The average Bonchev–Trinajstić information content (AvgIpc) is 3.49. The van der Waals surface area contributed by atoms with Crippen molar-refractivity contribution in [3.8, 4) is 17.4 Å². The van der Waals surface area contributed by atoms with Crippen molar-refractivity contribution >= 4 is 39.1 Å². The van der Waals surface area contributed by atoms with Gasteiger partial charge in [0.05, 0.1) is 38.1 Å². The SMILES string of the molecule is CNC(=O)[C@@H]1C[C@@H](O)C[N+]1(C)C1(c2cc(C)cnc2OC)C(=O)N(S(=O)(=O)c2ccc(OC)cc2OCC(F)(F)F)c2ccc(Cl)cc21. The number of methoxy groups -OCH3 is 2. The molecule has 0 aliphatic carbocycles. The van der Waals surface area contributed by atoms with Crippen LogP contribution in [0.25, 0.3) is 0 Å². The third kappa shape index (κ3) is 5.49. The Balaban J connectivity index is 1.88. The number of alkyl halides is 3. The topological polar surface area (TPSA) is 144 Å². The Bertz CT molecular complexity index is 1900. The molecule has 2 aromatic carbocycles. The molecule has 2 aliphatic heterocycles. The molecule has 17 heteroatoms. The number of rotatable bonds is 9. The van der Waals surface area contributed by atoms with Gasteiger partial charge < -0.3 is 24.6 Å². The van der Waals surface area contributed by atoms with E-state index in [1.807, 2.05) is 0 Å². The first kappa shape index (κ1) is 35.2. The number of likely N-dealkylation sites (N-methyl/N-ethyl adjacent to an activating group) is 2. The van der Waals surface area contributed by atoms with Crippen LogP contribution in [0, 0.1) is 6.92 Å². The molecule has 0 spiro atoms. The highest BCUT2D eigenvalue weighted by atomic mass is 35.5. The maximum absolute atomic E-state index is 15.4. The van der Waals surface area contributed by atoms with E-state index in [-0.39, 0.29) is 46.4 Å². The molecule has 1 saturated heterocycles. The second-order valence-electron chi connectivity index (χ2n) is 11.7. The summed E-state index contributed by atoms with van der Waals surface area (Å²) in [6, 6.07) is 7.63. The monoisotopic (exact) mass is 713 g/mol. The summed E-state index contributed by atoms with van der Waals surface area (Å²) < 4.78 is 84.8. The van der Waals surface area contributed by atoms with Gasteiger partial charge in [-0.15, -0.1) is 0 Å². The number of hydrogen-bond donors (Lipinski definition) is 2. The molecule has 258 valence electrons. The Morgan fingerprint density at radius 3 is 2.50 bits per heavy atom. The number of aryl methyl sites for hydroxylation is 1. The molecule has 3 heterocycles. The second kappa shape index (κ2) is 12.4. The van der Waals surface area contributed by atoms with Gasteiger partial charge >= 0.3 is 12.1 Å². The van der Waals surface area contributed by atoms with Crippen LogP contribution < -0.4 is 23.8 Å². The number of nitrogens with one attached hydrogen (secondary N) is 1. The largest absolute Gasteiger partial charge is 0.497 e. The van der Waals surface area contributed by atoms with Crippen LogP contribution in [0.15, 0.2) is 53.6 Å². The van der Waals surface area contributed by atoms with Crippen molar-refractivity contribution in [3.05, 3.63) is 70.4 Å². The number of anilines is 1. The molecule has 4 atom stereocenters. The van der Waals surface area contributed by atoms with Gasteiger partial charge in [-0.1, -0.05) is 11.6 Å². The van der Waals surface area contributed by atoms with E-state index in [1.165, 1.54) is 51.7 Å². The van der Waals surface area contributed by atoms with Crippen LogP contribution in [0.4, 0.5) is 18.9 Å². The van der Waals surface area contributed by atoms with Crippen molar-refractivity contribution in [3.63, 3.8) is 0 Å². The van der Waals surface area contributed by atoms with Gasteiger partial charge in [-0.3, -0.25) is 14.1 Å². The standard InChI is InChI=1S/C31H32ClF3N4O8S/c1-17-10-22(28(46-5)37-14-17)31(39(3)15-19(40)12-24(39)27(41)36-2)21-11-18(32)6-8-23(21)38(29(31)42)48(43,44)26-9-7-20(45-4)13-25(26)47-16-30(33,34)35/h6-11,13-14,19,24,40H,12,15-16H2,1-5H3/p+1/t19-,24+,31?,39?/m1/s1. The number of aliphatic hydroxyl groups excluding tert-OH is 1. The number of quaternary nitrogens is 1. The highest BCUT2D eigenvalue weighted by Gasteiger charge is 2.72. The average molecular weight is 714 g/mol. The molecule has 5 rings (SSSR count). The van der Waals surface area contributed by atoms with Crippen LogP contribution in [0.5, 0.6) is 17.4 Å². The number of fused-ring (bicyclic) bond motifs is 1. The van der Waals surface area contributed by atoms with Crippen LogP contribution >= 0.6 is 11.6 Å². The van der Waals surface area contributed by atoms with Crippen molar-refractivity contribution in [1.29, 1.82) is 0 Å². The van der Waals surface area contributed by atoms with Gasteiger partial charge in [0.2, 0.25) is 11.4 Å². The Morgan fingerprint density at radius 1 is 1.17 bits per heavy atom. The summed E-state index contributed by atoms with van der Waals surface area (Å²) in [5, 5.41) is 13.7. The van der Waals surface area contributed by atoms with E-state index in [4.69, 9.17) is 25.8 Å². The van der Waals surface area contributed by atoms with E-state index in [0.717, 1.165) is 12.1 Å². The zero-order valence-corrected chi connectivity index (χ0v) is 28.0. The van der Waals surface area contributed by atoms with Gasteiger partial charge in [0.25, 0.3) is 15.9 Å². The van der Waals surface area contributed by atoms with Gasteiger partial charge in [-0.05, 0) is 48.9 Å². The maximum Gasteiger partial charge on any atom is 0.422 e. The molecule has 2 aliphatic rings. The number of amides is 2. The van der Waals surface area contributed by atoms with E-state index in [1.54, 1.807) is 20.0 Å². The predicted octanol–water partition coefficient (Wildman–Crippen LogP) is 3.31. The number of sulfonamides is 1. The number of likely N-dealkylation sites (tertiary alicyclic amines) is 1. The molecule has 12 nitrogen and oxygen atoms in total. The lowest BCUT2D eigenvalue weighted by Gasteiger charge is -2.48. The molecule has 2 amide bonds. The van der Waals surface area contributed by atoms with Crippen LogP contribution in [-0.4, -0.2) is 94.6 Å². The minimum Gasteiger partial charge on any atom is -0.497 e. The summed E-state index contributed by atoms with van der Waals surface area (Å²) in [6.07, 6.45) is -4.56. The van der Waals surface area contributed by atoms with Crippen molar-refractivity contribution < 1.29 is 55.0 Å². The Kier molecular flexibility index (Phi) is 9.09. The van der Waals surface area contributed by atoms with Crippen LogP contribution in [-0.2, 0) is 25.2 Å². The van der Waals surface area contributed by atoms with E-state index in [9.17, 15) is 31.5 Å². The molecule has 3 aromatic rings. The molecule has 0 saturated carbocycles. The third-order valence-electron chi connectivity index (χ3n) is 8.78. The highest BCUT2D eigenvalue weighted by Crippen LogP contribution is 2.58. The predicted molar refractivity (Wildman–Crippen MR) is 167 cm³/mol. The Labute approximate surface area is 279 Å². The Morgan fingerprint density at radius 2 is 1.88 bits per heavy atom. The summed E-state index contributed by atoms with van der Waals surface area (Å²) >= 11 is 6.52. The summed E-state index contributed by atoms with van der Waals surface area (Å²) in [7, 11) is 0.371. The fourth-order valence-corrected chi connectivity index (χ4v) is 8.57. The minimum atomic E-state index is -5.10. The van der Waals surface area contributed by atoms with Crippen LogP contribution in [0.2, 0.25) is 5.02 Å². The fourth-order valence-electron chi connectivity index (χ4n) is 6.83. The molecule has 1 aromatic heterocycles. The van der Waals surface area contributed by atoms with Crippen molar-refractivity contribution in [2.45, 2.75) is 42.1 Å². The zero-order chi connectivity index (χ0) is 35.4. The van der Waals surface area contributed by atoms with Crippen molar-refractivity contribution in [2.75, 3.05) is 45.8 Å². The molecular weight excluding hydrogens is 681 g/mol. The molecule has 2 N–H and O–H groups in total. The molecule has 0 bridgehead atoms. The summed E-state index contributed by atoms with van der Waals surface area (Å²) in [5.74, 6) is -2.46. The normalized spacial score (nSPS) is 24.0. The number of ether oxygens (including phenoxy) is 3. The van der Waals surface area contributed by atoms with Gasteiger partial charge in [0, 0.05) is 30.8 Å². The lowest BCUT2D eigenvalue weighted by Crippen LogP contribution is -2.69. The van der Waals surface area contributed by atoms with Crippen LogP contribution in [0.1, 0.15) is 23.1 Å². The number of aliphatic hydroxyl groups is 1. The summed E-state index contributed by atoms with van der Waals surface area (Å²) in [6.45, 7) is -0.351. The van der Waals surface area contributed by atoms with Gasteiger partial charge in [-0.2, -0.15) is 17.5 Å². The lowest BCUT2D eigenvalue weighted by molar-refractivity contribution is -0.953. The molecule has 48 heavy (non-hydrogen) atoms. The highest BCUT2D eigenvalue weighted by molar-refractivity contribution is 7.93. The van der Waals surface area contributed by atoms with E-state index < -0.39 is 67.4 Å². The first-order valence-corrected chi connectivity index (χ1v) is 16.3. The van der Waals surface area contributed by atoms with Gasteiger partial charge in [0.1, 0.15) is 29.0 Å². The van der Waals surface area contributed by atoms with E-state index in [0.29, 0.717) is 9.87 Å². The number of carbonyl (C=O) groups excluding carboxylic acids is 2. The zero-order valence-electron chi connectivity index (χ0n) is 26.5. The smallest absolute Gasteiger partial charge is 0.422 e. The number of aromatic nitrogens is 1. The Hall–Kier alpha value is -4.12. The van der Waals surface area contributed by atoms with Gasteiger partial charge in [-0.25, -0.2) is 13.4 Å². The molecule has 0 radical (unpaired) electrons. The third-order valence-corrected chi connectivity index (χ3v) is 10.8. The number of pyridine rings is 1. The van der Waals surface area contributed by atoms with E-state index in [2.05, 4.69) is 10.3 Å². The summed E-state index contributed by atoms with van der Waals surface area (Å²) in [5.41, 5.74) is -1.70. The maximum atomic E-state index is 15.4. The summed E-state index contributed by atoms with van der Waals surface area (Å²) in [4.78, 5) is 32.5. The number of carbonyl (C=O) groups is 2. The molecule has 2 unspecified atom stereocenters. The van der Waals surface area contributed by atoms with E-state index >= 15 is 4.79 Å². The quantitative estimate of drug-likeness (QED) is 0.319. The van der Waals surface area contributed by atoms with Crippen molar-refractivity contribution in [1.82, 2.24) is 10.3 Å². The number of benzene rings is 2. The van der Waals surface area contributed by atoms with Gasteiger partial charge in [0.15, 0.2) is 12.6 Å². The fraction of sp³-hybridized carbons (Fsp3) is 0.387. The first-order chi connectivity index (χ1) is 22.5. The van der Waals surface area contributed by atoms with Crippen molar-refractivity contribution in [2.24, 2.45) is 0 Å². The lowest BCUT2D eigenvalue weighted by atomic mass is 9.79. The minimum absolute atomic E-state index is 0.00601. The second-order valence-corrected chi connectivity index (χ2v) is 13.9. The number of nitrogens with zero attached hydrogens (tertiary/aromatic N) is 3. The first-order valence-electron chi connectivity index (χ1n) is 14.5. The van der Waals surface area contributed by atoms with Crippen LogP contribution in [0.3, 0.4) is 0 Å². The molecular formula is C31H33ClF3N4O8S+. The molecule has 1 fully saturated rings.